The number of carboxylic acid groups (broad SMARTS) is 1. The molecule has 2 aromatic rings. The summed E-state index contributed by atoms with van der Waals surface area (Å²) in [4.78, 5) is 34.2. The van der Waals surface area contributed by atoms with Gasteiger partial charge in [-0.15, -0.1) is 0 Å². The van der Waals surface area contributed by atoms with Crippen molar-refractivity contribution >= 4 is 64.1 Å². The second-order valence-corrected chi connectivity index (χ2v) is 10.1. The molecule has 34 heavy (non-hydrogen) atoms. The molecule has 5 rings (SSSR count). The van der Waals surface area contributed by atoms with Crippen LogP contribution in [0, 0.1) is 5.82 Å². The number of aliphatic carboxylic acids is 1. The number of Topliss-reactive ketones (excluding diaryl/α,β-unsaturated/α-hetero) is 1. The van der Waals surface area contributed by atoms with Crippen LogP contribution in [-0.2, 0) is 4.79 Å². The second kappa shape index (κ2) is 8.70. The van der Waals surface area contributed by atoms with Crippen LogP contribution in [0.1, 0.15) is 41.6 Å². The van der Waals surface area contributed by atoms with Crippen LogP contribution in [0.4, 0.5) is 15.8 Å². The van der Waals surface area contributed by atoms with E-state index in [4.69, 9.17) is 34.8 Å². The predicted molar refractivity (Wildman–Crippen MR) is 132 cm³/mol. The van der Waals surface area contributed by atoms with Crippen LogP contribution in [0.3, 0.4) is 0 Å². The van der Waals surface area contributed by atoms with Crippen molar-refractivity contribution in [2.24, 2.45) is 4.99 Å². The highest BCUT2D eigenvalue weighted by Crippen LogP contribution is 2.49. The van der Waals surface area contributed by atoms with Gasteiger partial charge >= 0.3 is 5.97 Å². The fraction of sp³-hybridized carbons (Fsp3) is 0.375. The van der Waals surface area contributed by atoms with Gasteiger partial charge in [0, 0.05) is 36.5 Å². The first-order valence-corrected chi connectivity index (χ1v) is 12.2. The molecular formula is C24H21Cl3FN3O3. The summed E-state index contributed by atoms with van der Waals surface area (Å²) in [5.74, 6) is -2.90. The molecular weight excluding hydrogens is 504 g/mol. The van der Waals surface area contributed by atoms with E-state index < -0.39 is 23.1 Å². The molecule has 2 heterocycles. The highest BCUT2D eigenvalue weighted by molar-refractivity contribution is 6.39. The summed E-state index contributed by atoms with van der Waals surface area (Å²) in [7, 11) is 0. The average molecular weight is 525 g/mol. The maximum atomic E-state index is 15.3. The van der Waals surface area contributed by atoms with Crippen molar-refractivity contribution in [2.75, 3.05) is 29.4 Å². The number of nitrogens with zero attached hydrogens (tertiary/aromatic N) is 3. The highest BCUT2D eigenvalue weighted by Gasteiger charge is 2.55. The maximum absolute atomic E-state index is 15.3. The molecule has 1 saturated heterocycles. The first-order valence-electron chi connectivity index (χ1n) is 11.1. The number of hydrogen-bond donors (Lipinski definition) is 1. The summed E-state index contributed by atoms with van der Waals surface area (Å²) < 4.78 is 15.3. The Morgan fingerprint density at radius 1 is 1.15 bits per heavy atom. The summed E-state index contributed by atoms with van der Waals surface area (Å²) in [5.41, 5.74) is -1.31. The lowest BCUT2D eigenvalue weighted by Crippen LogP contribution is -2.58. The van der Waals surface area contributed by atoms with Crippen LogP contribution in [-0.4, -0.2) is 54.3 Å². The minimum atomic E-state index is -2.19. The van der Waals surface area contributed by atoms with Gasteiger partial charge < -0.3 is 14.9 Å². The van der Waals surface area contributed by atoms with E-state index in [1.54, 1.807) is 23.1 Å². The summed E-state index contributed by atoms with van der Waals surface area (Å²) in [6, 6.07) is 5.94. The number of anilines is 2. The van der Waals surface area contributed by atoms with Gasteiger partial charge in [-0.1, -0.05) is 40.9 Å². The molecule has 1 unspecified atom stereocenters. The first-order chi connectivity index (χ1) is 16.2. The lowest BCUT2D eigenvalue weighted by molar-refractivity contribution is -0.140. The zero-order valence-electron chi connectivity index (χ0n) is 18.0. The lowest BCUT2D eigenvalue weighted by atomic mass is 9.83. The van der Waals surface area contributed by atoms with E-state index in [-0.39, 0.29) is 38.9 Å². The normalized spacial score (nSPS) is 22.5. The molecule has 0 radical (unpaired) electrons. The number of aliphatic imine (C=N–C) groups is 1. The number of fused-ring (bicyclic) bond motifs is 1. The van der Waals surface area contributed by atoms with Gasteiger partial charge in [0.25, 0.3) is 0 Å². The molecule has 2 aliphatic heterocycles. The molecule has 2 aromatic carbocycles. The Labute approximate surface area is 210 Å². The van der Waals surface area contributed by atoms with Crippen LogP contribution in [0.5, 0.6) is 0 Å². The molecule has 0 aromatic heterocycles. The molecule has 10 heteroatoms. The number of hydrogen-bond acceptors (Lipinski definition) is 5. The molecule has 0 amide bonds. The van der Waals surface area contributed by atoms with Crippen molar-refractivity contribution in [3.63, 3.8) is 0 Å². The fourth-order valence-corrected chi connectivity index (χ4v) is 5.64. The molecule has 178 valence electrons. The lowest BCUT2D eigenvalue weighted by Gasteiger charge is -2.40. The van der Waals surface area contributed by atoms with Crippen LogP contribution in [0.15, 0.2) is 29.3 Å². The Morgan fingerprint density at radius 3 is 2.38 bits per heavy atom. The van der Waals surface area contributed by atoms with Crippen LogP contribution >= 0.6 is 34.8 Å². The molecule has 1 atom stereocenters. The van der Waals surface area contributed by atoms with Crippen molar-refractivity contribution in [1.29, 1.82) is 0 Å². The highest BCUT2D eigenvalue weighted by atomic mass is 35.5. The van der Waals surface area contributed by atoms with E-state index in [0.29, 0.717) is 24.3 Å². The van der Waals surface area contributed by atoms with E-state index in [1.165, 1.54) is 6.21 Å². The zero-order chi connectivity index (χ0) is 24.2. The van der Waals surface area contributed by atoms with Crippen molar-refractivity contribution in [2.45, 2.75) is 37.3 Å². The predicted octanol–water partition coefficient (Wildman–Crippen LogP) is 5.49. The van der Waals surface area contributed by atoms with E-state index >= 15 is 4.39 Å². The van der Waals surface area contributed by atoms with E-state index in [1.807, 2.05) is 4.90 Å². The Kier molecular flexibility index (Phi) is 5.99. The van der Waals surface area contributed by atoms with Crippen LogP contribution in [0.2, 0.25) is 15.1 Å². The number of rotatable bonds is 5. The molecule has 0 bridgehead atoms. The van der Waals surface area contributed by atoms with Gasteiger partial charge in [0.15, 0.2) is 0 Å². The third kappa shape index (κ3) is 3.74. The molecule has 2 fully saturated rings. The SMILES string of the molecule is O=C(O)C1(N=Cc2c(Cl)cccc2Cl)CN(C2CC2)c2c(cc(F)c(N3CCCC3)c2Cl)C1=O. The second-order valence-electron chi connectivity index (χ2n) is 8.86. The van der Waals surface area contributed by atoms with E-state index in [2.05, 4.69) is 4.99 Å². The molecule has 1 aliphatic carbocycles. The molecule has 1 N–H and O–H groups in total. The van der Waals surface area contributed by atoms with E-state index in [9.17, 15) is 14.7 Å². The van der Waals surface area contributed by atoms with Crippen molar-refractivity contribution < 1.29 is 19.1 Å². The molecule has 6 nitrogen and oxygen atoms in total. The van der Waals surface area contributed by atoms with Crippen molar-refractivity contribution in [3.8, 4) is 0 Å². The van der Waals surface area contributed by atoms with Gasteiger partial charge in [-0.2, -0.15) is 0 Å². The van der Waals surface area contributed by atoms with Gasteiger partial charge in [-0.25, -0.2) is 9.18 Å². The van der Waals surface area contributed by atoms with Gasteiger partial charge in [0.2, 0.25) is 11.3 Å². The Balaban J connectivity index is 1.66. The summed E-state index contributed by atoms with van der Waals surface area (Å²) in [5, 5.41) is 10.9. The number of carboxylic acids is 1. The summed E-state index contributed by atoms with van der Waals surface area (Å²) in [6.45, 7) is 1.13. The smallest absolute Gasteiger partial charge is 0.341 e. The maximum Gasteiger partial charge on any atom is 0.341 e. The van der Waals surface area contributed by atoms with Gasteiger partial charge in [0.05, 0.1) is 33.0 Å². The molecule has 1 saturated carbocycles. The topological polar surface area (TPSA) is 73.2 Å². The molecule has 3 aliphatic rings. The largest absolute Gasteiger partial charge is 0.479 e. The standard InChI is InChI=1S/C24H21Cl3FN3O3/c25-16-4-3-5-17(26)15(16)11-29-24(23(33)34)12-31(13-6-7-13)20-14(22(24)32)10-18(28)21(19(20)27)30-8-1-2-9-30/h3-5,10-11,13H,1-2,6-9,12H2,(H,33,34). The van der Waals surface area contributed by atoms with Gasteiger partial charge in [-0.3, -0.25) is 9.79 Å². The van der Waals surface area contributed by atoms with E-state index in [0.717, 1.165) is 31.7 Å². The van der Waals surface area contributed by atoms with Gasteiger partial charge in [-0.05, 0) is 43.9 Å². The zero-order valence-corrected chi connectivity index (χ0v) is 20.3. The number of ketones is 1. The Morgan fingerprint density at radius 2 is 1.79 bits per heavy atom. The number of carbonyl (C=O) groups excluding carboxylic acids is 1. The minimum absolute atomic E-state index is 0.000865. The monoisotopic (exact) mass is 523 g/mol. The summed E-state index contributed by atoms with van der Waals surface area (Å²) >= 11 is 19.2. The Hall–Kier alpha value is -2.35. The Bertz CT molecular complexity index is 1210. The number of carbonyl (C=O) groups is 2. The van der Waals surface area contributed by atoms with Crippen LogP contribution in [0.25, 0.3) is 0 Å². The van der Waals surface area contributed by atoms with Crippen LogP contribution < -0.4 is 9.80 Å². The van der Waals surface area contributed by atoms with Crippen molar-refractivity contribution in [1.82, 2.24) is 0 Å². The third-order valence-electron chi connectivity index (χ3n) is 6.65. The first kappa shape index (κ1) is 23.4. The minimum Gasteiger partial charge on any atom is -0.479 e. The number of benzene rings is 2. The average Bonchev–Trinajstić information content (AvgIpc) is 3.50. The molecule has 0 spiro atoms. The van der Waals surface area contributed by atoms with Gasteiger partial charge in [0.1, 0.15) is 5.82 Å². The quantitative estimate of drug-likeness (QED) is 0.413. The van der Waals surface area contributed by atoms with Crippen molar-refractivity contribution in [3.05, 3.63) is 56.3 Å². The third-order valence-corrected chi connectivity index (χ3v) is 7.67. The summed E-state index contributed by atoms with van der Waals surface area (Å²) in [6.07, 6.45) is 4.70. The number of halogens is 4. The fourth-order valence-electron chi connectivity index (χ4n) is 4.73.